The van der Waals surface area contributed by atoms with Gasteiger partial charge in [0.15, 0.2) is 0 Å². The second-order valence-electron chi connectivity index (χ2n) is 4.45. The van der Waals surface area contributed by atoms with Crippen molar-refractivity contribution in [3.8, 4) is 5.69 Å². The van der Waals surface area contributed by atoms with Crippen molar-refractivity contribution < 1.29 is 14.3 Å². The van der Waals surface area contributed by atoms with E-state index in [-0.39, 0.29) is 5.56 Å². The molecule has 0 bridgehead atoms. The lowest BCUT2D eigenvalue weighted by atomic mass is 10.2. The summed E-state index contributed by atoms with van der Waals surface area (Å²) >= 11 is 0. The summed E-state index contributed by atoms with van der Waals surface area (Å²) in [6.07, 6.45) is 5.81. The van der Waals surface area contributed by atoms with Crippen LogP contribution in [-0.2, 0) is 0 Å². The van der Waals surface area contributed by atoms with Gasteiger partial charge in [-0.3, -0.25) is 0 Å². The third-order valence-electron chi connectivity index (χ3n) is 3.08. The molecule has 1 aromatic heterocycles. The zero-order chi connectivity index (χ0) is 12.7. The first-order chi connectivity index (χ1) is 8.65. The van der Waals surface area contributed by atoms with E-state index in [9.17, 15) is 9.18 Å². The van der Waals surface area contributed by atoms with Crippen LogP contribution in [-0.4, -0.2) is 20.6 Å². The lowest BCUT2D eigenvalue weighted by molar-refractivity contribution is 0.0692. The van der Waals surface area contributed by atoms with E-state index < -0.39 is 11.8 Å². The summed E-state index contributed by atoms with van der Waals surface area (Å²) in [6.45, 7) is 0. The Morgan fingerprint density at radius 3 is 2.89 bits per heavy atom. The molecule has 1 aliphatic rings. The molecule has 4 nitrogen and oxygen atoms in total. The van der Waals surface area contributed by atoms with Crippen molar-refractivity contribution in [3.63, 3.8) is 0 Å². The number of imidazole rings is 1. The summed E-state index contributed by atoms with van der Waals surface area (Å²) in [4.78, 5) is 15.1. The Labute approximate surface area is 103 Å². The predicted molar refractivity (Wildman–Crippen MR) is 62.5 cm³/mol. The van der Waals surface area contributed by atoms with Crippen LogP contribution in [0.4, 0.5) is 4.39 Å². The number of benzene rings is 1. The minimum Gasteiger partial charge on any atom is -0.478 e. The normalized spacial score (nSPS) is 14.7. The number of carboxylic acid groups (broad SMARTS) is 1. The molecule has 1 N–H and O–H groups in total. The first-order valence-electron chi connectivity index (χ1n) is 5.72. The molecule has 0 aliphatic heterocycles. The lowest BCUT2D eigenvalue weighted by Gasteiger charge is -2.04. The number of hydrogen-bond acceptors (Lipinski definition) is 2. The fourth-order valence-electron chi connectivity index (χ4n) is 1.91. The molecule has 3 rings (SSSR count). The molecule has 0 amide bonds. The summed E-state index contributed by atoms with van der Waals surface area (Å²) in [7, 11) is 0. The summed E-state index contributed by atoms with van der Waals surface area (Å²) < 4.78 is 15.0. The van der Waals surface area contributed by atoms with Gasteiger partial charge in [0.2, 0.25) is 0 Å². The number of aromatic nitrogens is 2. The Hall–Kier alpha value is -2.17. The number of nitrogens with zero attached hydrogens (tertiary/aromatic N) is 2. The van der Waals surface area contributed by atoms with Gasteiger partial charge in [-0.15, -0.1) is 0 Å². The molecule has 92 valence electrons. The second kappa shape index (κ2) is 3.94. The van der Waals surface area contributed by atoms with E-state index in [1.807, 2.05) is 6.20 Å². The highest BCUT2D eigenvalue weighted by atomic mass is 19.1. The quantitative estimate of drug-likeness (QED) is 0.905. The highest BCUT2D eigenvalue weighted by molar-refractivity contribution is 5.88. The molecule has 0 spiro atoms. The maximum atomic E-state index is 13.3. The van der Waals surface area contributed by atoms with E-state index in [2.05, 4.69) is 4.98 Å². The Kier molecular flexibility index (Phi) is 2.40. The first kappa shape index (κ1) is 11.0. The van der Waals surface area contributed by atoms with Gasteiger partial charge in [0.05, 0.1) is 17.6 Å². The number of carbonyl (C=O) groups is 1. The molecule has 2 aromatic rings. The van der Waals surface area contributed by atoms with Gasteiger partial charge in [0, 0.05) is 17.8 Å². The van der Waals surface area contributed by atoms with Gasteiger partial charge in [-0.25, -0.2) is 14.2 Å². The predicted octanol–water partition coefficient (Wildman–Crippen LogP) is 2.59. The van der Waals surface area contributed by atoms with Crippen LogP contribution in [0.3, 0.4) is 0 Å². The van der Waals surface area contributed by atoms with E-state index in [0.29, 0.717) is 11.6 Å². The number of rotatable bonds is 3. The molecule has 0 unspecified atom stereocenters. The van der Waals surface area contributed by atoms with Gasteiger partial charge >= 0.3 is 5.97 Å². The van der Waals surface area contributed by atoms with Crippen molar-refractivity contribution in [1.82, 2.24) is 9.55 Å². The molecule has 1 heterocycles. The molecule has 0 atom stereocenters. The average molecular weight is 246 g/mol. The molecule has 1 aromatic carbocycles. The van der Waals surface area contributed by atoms with Crippen LogP contribution < -0.4 is 0 Å². The van der Waals surface area contributed by atoms with Crippen LogP contribution >= 0.6 is 0 Å². The van der Waals surface area contributed by atoms with Gasteiger partial charge in [0.1, 0.15) is 5.82 Å². The summed E-state index contributed by atoms with van der Waals surface area (Å²) in [6, 6.07) is 4.02. The third kappa shape index (κ3) is 1.88. The Bertz CT molecular complexity index is 617. The van der Waals surface area contributed by atoms with Gasteiger partial charge in [-0.1, -0.05) is 0 Å². The van der Waals surface area contributed by atoms with Crippen molar-refractivity contribution in [3.05, 3.63) is 47.8 Å². The summed E-state index contributed by atoms with van der Waals surface area (Å²) in [5.41, 5.74) is 1.29. The number of halogens is 1. The minimum atomic E-state index is -1.27. The summed E-state index contributed by atoms with van der Waals surface area (Å²) in [5, 5.41) is 8.88. The highest BCUT2D eigenvalue weighted by Crippen LogP contribution is 2.39. The number of aromatic carboxylic acids is 1. The van der Waals surface area contributed by atoms with Crippen LogP contribution in [0.2, 0.25) is 0 Å². The second-order valence-corrected chi connectivity index (χ2v) is 4.45. The SMILES string of the molecule is O=C(O)c1cc(-n2cnc(C3CC3)c2)ccc1F. The molecule has 0 radical (unpaired) electrons. The Morgan fingerprint density at radius 1 is 1.44 bits per heavy atom. The minimum absolute atomic E-state index is 0.325. The molecule has 18 heavy (non-hydrogen) atoms. The van der Waals surface area contributed by atoms with Crippen LogP contribution in [0.25, 0.3) is 5.69 Å². The molecule has 5 heteroatoms. The zero-order valence-electron chi connectivity index (χ0n) is 9.51. The van der Waals surface area contributed by atoms with E-state index in [0.717, 1.165) is 24.6 Å². The zero-order valence-corrected chi connectivity index (χ0v) is 9.51. The molecular weight excluding hydrogens is 235 g/mol. The number of hydrogen-bond donors (Lipinski definition) is 1. The van der Waals surface area contributed by atoms with Gasteiger partial charge in [0.25, 0.3) is 0 Å². The van der Waals surface area contributed by atoms with Gasteiger partial charge < -0.3 is 9.67 Å². The molecule has 1 saturated carbocycles. The molecule has 1 fully saturated rings. The monoisotopic (exact) mass is 246 g/mol. The van der Waals surface area contributed by atoms with Crippen LogP contribution in [0.15, 0.2) is 30.7 Å². The average Bonchev–Trinajstić information content (AvgIpc) is 3.08. The van der Waals surface area contributed by atoms with Crippen LogP contribution in [0.5, 0.6) is 0 Å². The first-order valence-corrected chi connectivity index (χ1v) is 5.72. The maximum Gasteiger partial charge on any atom is 0.338 e. The van der Waals surface area contributed by atoms with E-state index >= 15 is 0 Å². The maximum absolute atomic E-state index is 13.3. The highest BCUT2D eigenvalue weighted by Gasteiger charge is 2.25. The largest absolute Gasteiger partial charge is 0.478 e. The van der Waals surface area contributed by atoms with Crippen LogP contribution in [0.1, 0.15) is 34.8 Å². The van der Waals surface area contributed by atoms with Crippen molar-refractivity contribution in [2.45, 2.75) is 18.8 Å². The van der Waals surface area contributed by atoms with Crippen molar-refractivity contribution in [2.24, 2.45) is 0 Å². The van der Waals surface area contributed by atoms with E-state index in [4.69, 9.17) is 5.11 Å². The molecular formula is C13H11FN2O2. The topological polar surface area (TPSA) is 55.1 Å². The van der Waals surface area contributed by atoms with E-state index in [1.54, 1.807) is 17.0 Å². The molecule has 0 saturated heterocycles. The van der Waals surface area contributed by atoms with Crippen molar-refractivity contribution >= 4 is 5.97 Å². The fourth-order valence-corrected chi connectivity index (χ4v) is 1.91. The van der Waals surface area contributed by atoms with Crippen LogP contribution in [0, 0.1) is 5.82 Å². The molecule has 1 aliphatic carbocycles. The fraction of sp³-hybridized carbons (Fsp3) is 0.231. The lowest BCUT2D eigenvalue weighted by Crippen LogP contribution is -2.02. The summed E-state index contributed by atoms with van der Waals surface area (Å²) in [5.74, 6) is -1.46. The van der Waals surface area contributed by atoms with Crippen molar-refractivity contribution in [1.29, 1.82) is 0 Å². The van der Waals surface area contributed by atoms with E-state index in [1.165, 1.54) is 6.07 Å². The standard InChI is InChI=1S/C13H11FN2O2/c14-11-4-3-9(5-10(11)13(17)18)16-6-12(15-7-16)8-1-2-8/h3-8H,1-2H2,(H,17,18). The smallest absolute Gasteiger partial charge is 0.338 e. The van der Waals surface area contributed by atoms with Gasteiger partial charge in [-0.2, -0.15) is 0 Å². The van der Waals surface area contributed by atoms with Gasteiger partial charge in [-0.05, 0) is 31.0 Å². The Morgan fingerprint density at radius 2 is 2.22 bits per heavy atom. The van der Waals surface area contributed by atoms with Crippen molar-refractivity contribution in [2.75, 3.05) is 0 Å². The Balaban J connectivity index is 1.99. The number of carboxylic acids is 1. The third-order valence-corrected chi connectivity index (χ3v) is 3.08.